The van der Waals surface area contributed by atoms with Gasteiger partial charge in [-0.05, 0) is 23.1 Å². The standard InChI is InChI=1S/C19H18N4O4S2/c20-15-16(18(27)17(15)26)22-4-3-11-2-1-10(5-12(11)7-22)6-21-13(24)8-23-14(25)9-29-19(23)28/h1-2,5H,3-4,6-9,20H2,(H,21,24). The molecular formula is C19H18N4O4S2. The third-order valence-corrected chi connectivity index (χ3v) is 6.58. The van der Waals surface area contributed by atoms with E-state index in [4.69, 9.17) is 18.0 Å². The minimum Gasteiger partial charge on any atom is -0.394 e. The first kappa shape index (κ1) is 19.6. The van der Waals surface area contributed by atoms with Gasteiger partial charge in [0.1, 0.15) is 22.2 Å². The Hall–Kier alpha value is -2.72. The van der Waals surface area contributed by atoms with E-state index in [1.54, 1.807) is 0 Å². The SMILES string of the molecule is Nc1c(N2CCc3ccc(CNC(=O)CN4C(=O)CSC4=S)cc3C2)c(=O)c1=O. The van der Waals surface area contributed by atoms with Gasteiger partial charge in [0.05, 0.1) is 5.75 Å². The molecule has 3 N–H and O–H groups in total. The first-order valence-corrected chi connectivity index (χ1v) is 10.4. The average molecular weight is 431 g/mol. The first-order chi connectivity index (χ1) is 13.8. The van der Waals surface area contributed by atoms with Crippen molar-refractivity contribution in [1.29, 1.82) is 0 Å². The molecule has 2 aromatic carbocycles. The van der Waals surface area contributed by atoms with E-state index in [-0.39, 0.29) is 29.8 Å². The zero-order valence-corrected chi connectivity index (χ0v) is 17.0. The van der Waals surface area contributed by atoms with Crippen LogP contribution in [0.5, 0.6) is 0 Å². The van der Waals surface area contributed by atoms with Crippen LogP contribution in [0.3, 0.4) is 0 Å². The Kier molecular flexibility index (Phi) is 5.13. The van der Waals surface area contributed by atoms with E-state index in [0.717, 1.165) is 17.5 Å². The summed E-state index contributed by atoms with van der Waals surface area (Å²) in [6.45, 7) is 1.35. The Balaban J connectivity index is 1.40. The molecule has 8 nitrogen and oxygen atoms in total. The van der Waals surface area contributed by atoms with Gasteiger partial charge in [0, 0.05) is 19.6 Å². The maximum atomic E-state index is 12.2. The van der Waals surface area contributed by atoms with Crippen molar-refractivity contribution in [3.63, 3.8) is 0 Å². The molecule has 0 bridgehead atoms. The topological polar surface area (TPSA) is 113 Å². The second-order valence-corrected chi connectivity index (χ2v) is 8.62. The summed E-state index contributed by atoms with van der Waals surface area (Å²) in [5.74, 6) is -0.150. The van der Waals surface area contributed by atoms with E-state index in [1.807, 2.05) is 23.1 Å². The summed E-state index contributed by atoms with van der Waals surface area (Å²) in [5, 5.41) is 2.81. The molecule has 150 valence electrons. The number of carbonyl (C=O) groups excluding carboxylic acids is 2. The van der Waals surface area contributed by atoms with Crippen LogP contribution in [-0.4, -0.2) is 39.9 Å². The zero-order chi connectivity index (χ0) is 20.7. The lowest BCUT2D eigenvalue weighted by molar-refractivity contribution is -0.129. The summed E-state index contributed by atoms with van der Waals surface area (Å²) < 4.78 is 0.427. The fraction of sp³-hybridized carbons (Fsp3) is 0.316. The molecule has 1 fully saturated rings. The molecule has 0 aliphatic carbocycles. The number of rotatable bonds is 5. The molecule has 2 amide bonds. The smallest absolute Gasteiger partial charge is 0.253 e. The number of benzene rings is 1. The maximum absolute atomic E-state index is 12.2. The van der Waals surface area contributed by atoms with E-state index >= 15 is 0 Å². The normalized spacial score (nSPS) is 16.4. The van der Waals surface area contributed by atoms with Gasteiger partial charge in [-0.1, -0.05) is 42.2 Å². The Labute approximate surface area is 175 Å². The predicted octanol–water partition coefficient (Wildman–Crippen LogP) is -0.0960. The lowest BCUT2D eigenvalue weighted by atomic mass is 9.96. The zero-order valence-electron chi connectivity index (χ0n) is 15.4. The molecule has 0 aromatic heterocycles. The van der Waals surface area contributed by atoms with Crippen LogP contribution >= 0.6 is 24.0 Å². The molecule has 2 heterocycles. The number of nitrogens with two attached hydrogens (primary N) is 1. The van der Waals surface area contributed by atoms with Gasteiger partial charge in [-0.2, -0.15) is 0 Å². The highest BCUT2D eigenvalue weighted by Crippen LogP contribution is 2.26. The number of amides is 2. The van der Waals surface area contributed by atoms with Crippen LogP contribution in [0.1, 0.15) is 16.7 Å². The van der Waals surface area contributed by atoms with Crippen LogP contribution in [0.4, 0.5) is 11.4 Å². The van der Waals surface area contributed by atoms with Crippen molar-refractivity contribution in [3.8, 4) is 0 Å². The number of nitrogens with zero attached hydrogens (tertiary/aromatic N) is 2. The van der Waals surface area contributed by atoms with Gasteiger partial charge in [-0.25, -0.2) is 0 Å². The summed E-state index contributed by atoms with van der Waals surface area (Å²) >= 11 is 6.34. The number of hydrogen-bond donors (Lipinski definition) is 2. The molecule has 4 rings (SSSR count). The molecule has 0 saturated carbocycles. The van der Waals surface area contributed by atoms with Gasteiger partial charge >= 0.3 is 0 Å². The number of nitrogens with one attached hydrogen (secondary N) is 1. The number of anilines is 2. The van der Waals surface area contributed by atoms with E-state index in [1.165, 1.54) is 22.2 Å². The van der Waals surface area contributed by atoms with Crippen molar-refractivity contribution in [1.82, 2.24) is 10.2 Å². The highest BCUT2D eigenvalue weighted by Gasteiger charge is 2.29. The molecule has 0 radical (unpaired) electrons. The molecule has 2 aromatic rings. The van der Waals surface area contributed by atoms with Crippen LogP contribution in [0.25, 0.3) is 0 Å². The third-order valence-electron chi connectivity index (χ3n) is 5.15. The summed E-state index contributed by atoms with van der Waals surface area (Å²) in [6, 6.07) is 5.93. The number of fused-ring (bicyclic) bond motifs is 1. The summed E-state index contributed by atoms with van der Waals surface area (Å²) in [7, 11) is 0. The van der Waals surface area contributed by atoms with Gasteiger partial charge in [-0.3, -0.25) is 24.1 Å². The number of thiocarbonyl (C=S) groups is 1. The highest BCUT2D eigenvalue weighted by molar-refractivity contribution is 8.23. The van der Waals surface area contributed by atoms with Crippen molar-refractivity contribution in [2.45, 2.75) is 19.5 Å². The number of thioether (sulfide) groups is 1. The van der Waals surface area contributed by atoms with E-state index in [2.05, 4.69) is 5.32 Å². The molecule has 10 heteroatoms. The predicted molar refractivity (Wildman–Crippen MR) is 116 cm³/mol. The van der Waals surface area contributed by atoms with Crippen LogP contribution in [-0.2, 0) is 29.1 Å². The molecular weight excluding hydrogens is 412 g/mol. The Morgan fingerprint density at radius 2 is 2.00 bits per heavy atom. The Morgan fingerprint density at radius 3 is 2.69 bits per heavy atom. The minimum absolute atomic E-state index is 0.0365. The quantitative estimate of drug-likeness (QED) is 0.500. The van der Waals surface area contributed by atoms with Crippen molar-refractivity contribution < 1.29 is 9.59 Å². The van der Waals surface area contributed by atoms with Crippen molar-refractivity contribution in [2.75, 3.05) is 29.5 Å². The van der Waals surface area contributed by atoms with Crippen LogP contribution in [0.15, 0.2) is 27.8 Å². The fourth-order valence-electron chi connectivity index (χ4n) is 3.56. The Morgan fingerprint density at radius 1 is 1.21 bits per heavy atom. The summed E-state index contributed by atoms with van der Waals surface area (Å²) in [6.07, 6.45) is 0.742. The van der Waals surface area contributed by atoms with Gasteiger partial charge in [0.15, 0.2) is 0 Å². The van der Waals surface area contributed by atoms with Crippen LogP contribution < -0.4 is 26.8 Å². The van der Waals surface area contributed by atoms with Gasteiger partial charge in [0.25, 0.3) is 10.9 Å². The van der Waals surface area contributed by atoms with Crippen LogP contribution in [0.2, 0.25) is 0 Å². The first-order valence-electron chi connectivity index (χ1n) is 9.03. The van der Waals surface area contributed by atoms with E-state index in [9.17, 15) is 19.2 Å². The molecule has 1 saturated heterocycles. The van der Waals surface area contributed by atoms with Crippen molar-refractivity contribution in [3.05, 3.63) is 55.3 Å². The maximum Gasteiger partial charge on any atom is 0.253 e. The lowest BCUT2D eigenvalue weighted by Gasteiger charge is -2.32. The average Bonchev–Trinajstić information content (AvgIpc) is 3.03. The largest absolute Gasteiger partial charge is 0.394 e. The second kappa shape index (κ2) is 7.60. The minimum atomic E-state index is -0.614. The fourth-order valence-corrected chi connectivity index (χ4v) is 4.62. The monoisotopic (exact) mass is 430 g/mol. The number of carbonyl (C=O) groups is 2. The van der Waals surface area contributed by atoms with Gasteiger partial charge in [-0.15, -0.1) is 0 Å². The molecule has 29 heavy (non-hydrogen) atoms. The van der Waals surface area contributed by atoms with Gasteiger partial charge < -0.3 is 16.0 Å². The molecule has 0 unspecified atom stereocenters. The van der Waals surface area contributed by atoms with Gasteiger partial charge in [0.2, 0.25) is 11.8 Å². The van der Waals surface area contributed by atoms with Crippen molar-refractivity contribution >= 4 is 51.5 Å². The lowest BCUT2D eigenvalue weighted by Crippen LogP contribution is -2.44. The Bertz CT molecular complexity index is 1090. The number of nitrogen functional groups attached to an aromatic ring is 1. The number of hydrogen-bond acceptors (Lipinski definition) is 8. The third kappa shape index (κ3) is 3.65. The second-order valence-electron chi connectivity index (χ2n) is 7.01. The van der Waals surface area contributed by atoms with E-state index in [0.29, 0.717) is 29.6 Å². The molecule has 0 atom stereocenters. The summed E-state index contributed by atoms with van der Waals surface area (Å²) in [4.78, 5) is 50.2. The van der Waals surface area contributed by atoms with Crippen molar-refractivity contribution in [2.24, 2.45) is 0 Å². The molecule has 2 aliphatic rings. The molecule has 2 aliphatic heterocycles. The molecule has 0 spiro atoms. The summed E-state index contributed by atoms with van der Waals surface area (Å²) in [5.41, 5.74) is 7.99. The van der Waals surface area contributed by atoms with Crippen LogP contribution in [0, 0.1) is 0 Å². The highest BCUT2D eigenvalue weighted by atomic mass is 32.2. The van der Waals surface area contributed by atoms with E-state index < -0.39 is 10.9 Å².